The lowest BCUT2D eigenvalue weighted by Crippen LogP contribution is -2.55. The van der Waals surface area contributed by atoms with Crippen molar-refractivity contribution < 1.29 is 9.59 Å². The third-order valence-corrected chi connectivity index (χ3v) is 6.77. The molecule has 0 unspecified atom stereocenters. The summed E-state index contributed by atoms with van der Waals surface area (Å²) in [5.74, 6) is 0.110. The van der Waals surface area contributed by atoms with Crippen LogP contribution in [0.4, 0.5) is 4.79 Å². The number of hydrogen-bond donors (Lipinski definition) is 2. The first kappa shape index (κ1) is 24.7. The van der Waals surface area contributed by atoms with Gasteiger partial charge in [0.15, 0.2) is 0 Å². The summed E-state index contributed by atoms with van der Waals surface area (Å²) in [4.78, 5) is 44.3. The summed E-state index contributed by atoms with van der Waals surface area (Å²) in [6.07, 6.45) is 7.46. The minimum absolute atomic E-state index is 0.253. The molecule has 8 nitrogen and oxygen atoms in total. The zero-order valence-corrected chi connectivity index (χ0v) is 20.8. The van der Waals surface area contributed by atoms with Crippen molar-refractivity contribution in [2.45, 2.75) is 72.0 Å². The Bertz CT molecular complexity index is 1230. The molecule has 2 aromatic heterocycles. The molecule has 0 bridgehead atoms. The normalized spacial score (nSPS) is 15.6. The van der Waals surface area contributed by atoms with Crippen molar-refractivity contribution in [1.29, 1.82) is 0 Å². The molecule has 186 valence electrons. The number of para-hydroxylation sites is 2. The predicted molar refractivity (Wildman–Crippen MR) is 136 cm³/mol. The number of rotatable bonds is 6. The molecule has 1 aromatic carbocycles. The smallest absolute Gasteiger partial charge is 0.337 e. The van der Waals surface area contributed by atoms with Crippen LogP contribution < -0.4 is 16.3 Å². The number of benzene rings is 1. The summed E-state index contributed by atoms with van der Waals surface area (Å²) in [7, 11) is 0. The second-order valence-corrected chi connectivity index (χ2v) is 10.5. The summed E-state index contributed by atoms with van der Waals surface area (Å²) in [6.45, 7) is 6.50. The highest BCUT2D eigenvalue weighted by Crippen LogP contribution is 2.26. The average Bonchev–Trinajstić information content (AvgIpc) is 3.12. The van der Waals surface area contributed by atoms with E-state index in [1.54, 1.807) is 16.8 Å². The van der Waals surface area contributed by atoms with Gasteiger partial charge in [-0.1, -0.05) is 58.2 Å². The van der Waals surface area contributed by atoms with Crippen molar-refractivity contribution in [2.24, 2.45) is 11.3 Å². The van der Waals surface area contributed by atoms with Gasteiger partial charge in [0.25, 0.3) is 0 Å². The van der Waals surface area contributed by atoms with E-state index < -0.39 is 17.5 Å². The van der Waals surface area contributed by atoms with Crippen LogP contribution in [0.15, 0.2) is 53.5 Å². The molecule has 1 saturated carbocycles. The van der Waals surface area contributed by atoms with E-state index in [0.29, 0.717) is 18.0 Å². The second kappa shape index (κ2) is 10.5. The number of hydrogen-bond acceptors (Lipinski definition) is 4. The molecule has 1 aliphatic rings. The molecule has 0 radical (unpaired) electrons. The Labute approximate surface area is 205 Å². The van der Waals surface area contributed by atoms with E-state index in [-0.39, 0.29) is 18.1 Å². The summed E-state index contributed by atoms with van der Waals surface area (Å²) in [5.41, 5.74) is 1.07. The molecule has 0 saturated heterocycles. The molecule has 1 aliphatic carbocycles. The first-order valence-electron chi connectivity index (χ1n) is 12.4. The van der Waals surface area contributed by atoms with Gasteiger partial charge in [-0.2, -0.15) is 0 Å². The van der Waals surface area contributed by atoms with Gasteiger partial charge in [0.05, 0.1) is 23.3 Å². The lowest BCUT2D eigenvalue weighted by Gasteiger charge is -2.30. The molecular formula is C27H35N5O3. The molecule has 2 amide bonds. The molecule has 1 fully saturated rings. The molecule has 0 spiro atoms. The van der Waals surface area contributed by atoms with E-state index in [0.717, 1.165) is 24.1 Å². The van der Waals surface area contributed by atoms with Gasteiger partial charge in [-0.25, -0.2) is 14.2 Å². The first-order valence-corrected chi connectivity index (χ1v) is 12.4. The molecule has 1 atom stereocenters. The van der Waals surface area contributed by atoms with Crippen LogP contribution in [-0.4, -0.2) is 32.1 Å². The highest BCUT2D eigenvalue weighted by molar-refractivity contribution is 5.93. The minimum Gasteiger partial charge on any atom is -0.349 e. The monoisotopic (exact) mass is 477 g/mol. The van der Waals surface area contributed by atoms with Gasteiger partial charge in [0.2, 0.25) is 5.91 Å². The zero-order chi connectivity index (χ0) is 25.0. The van der Waals surface area contributed by atoms with Crippen molar-refractivity contribution in [3.8, 4) is 0 Å². The van der Waals surface area contributed by atoms with Crippen LogP contribution in [0, 0.1) is 11.3 Å². The molecule has 35 heavy (non-hydrogen) atoms. The standard InChI is InChI=1S/C27H35N5O3/c1-27(2,3)23(24(33)29-17-20-13-9-10-16-28-20)30-25(34)32-22-15-8-7-14-21(22)31(26(32)35)18-19-11-5-4-6-12-19/h7-10,13-16,19,23H,4-6,11-12,17-18H2,1-3H3,(H,29,33)(H,30,34)/t23-/m1/s1. The van der Waals surface area contributed by atoms with Gasteiger partial charge in [-0.15, -0.1) is 0 Å². The third kappa shape index (κ3) is 5.63. The topological polar surface area (TPSA) is 98.0 Å². The van der Waals surface area contributed by atoms with Crippen molar-refractivity contribution in [2.75, 3.05) is 0 Å². The molecule has 4 rings (SSSR count). The van der Waals surface area contributed by atoms with Crippen LogP contribution in [0.3, 0.4) is 0 Å². The number of nitrogens with zero attached hydrogens (tertiary/aromatic N) is 3. The van der Waals surface area contributed by atoms with Gasteiger partial charge >= 0.3 is 11.7 Å². The number of fused-ring (bicyclic) bond motifs is 1. The molecular weight excluding hydrogens is 442 g/mol. The summed E-state index contributed by atoms with van der Waals surface area (Å²) in [6, 6.07) is 11.4. The fourth-order valence-corrected chi connectivity index (χ4v) is 4.85. The Morgan fingerprint density at radius 3 is 2.37 bits per heavy atom. The Kier molecular flexibility index (Phi) is 7.38. The maximum atomic E-state index is 13.5. The summed E-state index contributed by atoms with van der Waals surface area (Å²) in [5, 5.41) is 5.70. The van der Waals surface area contributed by atoms with Crippen molar-refractivity contribution >= 4 is 23.0 Å². The Balaban J connectivity index is 1.58. The lowest BCUT2D eigenvalue weighted by atomic mass is 9.86. The fraction of sp³-hybridized carbons (Fsp3) is 0.481. The summed E-state index contributed by atoms with van der Waals surface area (Å²) >= 11 is 0. The van der Waals surface area contributed by atoms with Crippen LogP contribution in [0.25, 0.3) is 11.0 Å². The van der Waals surface area contributed by atoms with Crippen LogP contribution in [0.5, 0.6) is 0 Å². The number of aromatic nitrogens is 3. The quantitative estimate of drug-likeness (QED) is 0.559. The molecule has 0 aliphatic heterocycles. The number of amides is 2. The Morgan fingerprint density at radius 2 is 1.71 bits per heavy atom. The zero-order valence-electron chi connectivity index (χ0n) is 20.8. The molecule has 8 heteroatoms. The Morgan fingerprint density at radius 1 is 1.03 bits per heavy atom. The number of pyridine rings is 1. The molecule has 2 heterocycles. The van der Waals surface area contributed by atoms with Gasteiger partial charge in [-0.3, -0.25) is 14.3 Å². The lowest BCUT2D eigenvalue weighted by molar-refractivity contribution is -0.125. The van der Waals surface area contributed by atoms with Crippen LogP contribution >= 0.6 is 0 Å². The number of nitrogens with one attached hydrogen (secondary N) is 2. The maximum absolute atomic E-state index is 13.5. The van der Waals surface area contributed by atoms with E-state index in [9.17, 15) is 14.4 Å². The van der Waals surface area contributed by atoms with Crippen molar-refractivity contribution in [1.82, 2.24) is 24.8 Å². The van der Waals surface area contributed by atoms with Gasteiger partial charge < -0.3 is 10.6 Å². The van der Waals surface area contributed by atoms with Gasteiger partial charge in [-0.05, 0) is 48.4 Å². The van der Waals surface area contributed by atoms with Gasteiger partial charge in [0.1, 0.15) is 6.04 Å². The number of carbonyl (C=O) groups is 2. The molecule has 3 aromatic rings. The van der Waals surface area contributed by atoms with Gasteiger partial charge in [0, 0.05) is 12.7 Å². The van der Waals surface area contributed by atoms with Crippen molar-refractivity contribution in [3.63, 3.8) is 0 Å². The minimum atomic E-state index is -0.842. The second-order valence-electron chi connectivity index (χ2n) is 10.5. The number of imidazole rings is 1. The van der Waals surface area contributed by atoms with E-state index in [4.69, 9.17) is 0 Å². The highest BCUT2D eigenvalue weighted by Gasteiger charge is 2.34. The maximum Gasteiger partial charge on any atom is 0.337 e. The van der Waals surface area contributed by atoms with E-state index in [1.807, 2.05) is 57.2 Å². The SMILES string of the molecule is CC(C)(C)[C@H](NC(=O)n1c(=O)n(CC2CCCCC2)c2ccccc21)C(=O)NCc1ccccn1. The number of carbonyl (C=O) groups excluding carboxylic acids is 2. The summed E-state index contributed by atoms with van der Waals surface area (Å²) < 4.78 is 2.89. The third-order valence-electron chi connectivity index (χ3n) is 6.77. The first-order chi connectivity index (χ1) is 16.8. The van der Waals surface area contributed by atoms with E-state index in [1.165, 1.54) is 23.8 Å². The predicted octanol–water partition coefficient (Wildman–Crippen LogP) is 4.07. The highest BCUT2D eigenvalue weighted by atomic mass is 16.2. The molecule has 2 N–H and O–H groups in total. The van der Waals surface area contributed by atoms with Crippen LogP contribution in [0.2, 0.25) is 0 Å². The fourth-order valence-electron chi connectivity index (χ4n) is 4.85. The van der Waals surface area contributed by atoms with Crippen molar-refractivity contribution in [3.05, 3.63) is 64.8 Å². The van der Waals surface area contributed by atoms with Crippen LogP contribution in [0.1, 0.15) is 58.6 Å². The largest absolute Gasteiger partial charge is 0.349 e. The van der Waals surface area contributed by atoms with E-state index >= 15 is 0 Å². The van der Waals surface area contributed by atoms with Crippen LogP contribution in [-0.2, 0) is 17.9 Å². The van der Waals surface area contributed by atoms with E-state index in [2.05, 4.69) is 15.6 Å². The average molecular weight is 478 g/mol. The Hall–Kier alpha value is -3.42.